The molecule has 0 radical (unpaired) electrons. The zero-order chi connectivity index (χ0) is 19.7. The van der Waals surface area contributed by atoms with E-state index in [1.165, 1.54) is 4.68 Å². The number of aromatic nitrogens is 4. The lowest BCUT2D eigenvalue weighted by atomic mass is 9.85. The maximum Gasteiger partial charge on any atom is 0.217 e. The topological polar surface area (TPSA) is 43.6 Å². The molecule has 0 atom stereocenters. The predicted molar refractivity (Wildman–Crippen MR) is 103 cm³/mol. The molecule has 0 unspecified atom stereocenters. The lowest BCUT2D eigenvalue weighted by molar-refractivity contribution is 0.509. The van der Waals surface area contributed by atoms with Gasteiger partial charge in [-0.1, -0.05) is 36.4 Å². The van der Waals surface area contributed by atoms with E-state index in [2.05, 4.69) is 10.1 Å². The third kappa shape index (κ3) is 3.41. The fraction of sp³-hybridized carbons (Fsp3) is 0.136. The van der Waals surface area contributed by atoms with Gasteiger partial charge in [0, 0.05) is 23.9 Å². The largest absolute Gasteiger partial charge is 0.252 e. The van der Waals surface area contributed by atoms with Crippen LogP contribution >= 0.6 is 0 Å². The molecule has 0 aliphatic carbocycles. The van der Waals surface area contributed by atoms with Crippen LogP contribution in [0.2, 0.25) is 0 Å². The average molecular weight is 376 g/mol. The second kappa shape index (κ2) is 6.96. The summed E-state index contributed by atoms with van der Waals surface area (Å²) in [5.74, 6) is -1.77. The molecule has 0 fully saturated rings. The van der Waals surface area contributed by atoms with Gasteiger partial charge in [-0.2, -0.15) is 18.9 Å². The van der Waals surface area contributed by atoms with Crippen LogP contribution in [0.15, 0.2) is 72.9 Å². The summed E-state index contributed by atoms with van der Waals surface area (Å²) >= 11 is 0. The maximum absolute atomic E-state index is 13.4. The van der Waals surface area contributed by atoms with Gasteiger partial charge in [0.05, 0.1) is 28.2 Å². The van der Waals surface area contributed by atoms with Crippen LogP contribution in [0.5, 0.6) is 0 Å². The van der Waals surface area contributed by atoms with Gasteiger partial charge in [0.15, 0.2) is 0 Å². The van der Waals surface area contributed by atoms with E-state index in [4.69, 9.17) is 4.98 Å². The maximum atomic E-state index is 13.4. The minimum Gasteiger partial charge on any atom is -0.252 e. The number of nitrogens with zero attached hydrogens (tertiary/aromatic N) is 4. The van der Waals surface area contributed by atoms with Crippen molar-refractivity contribution in [2.75, 3.05) is 0 Å². The molecule has 6 heteroatoms. The highest BCUT2D eigenvalue weighted by atomic mass is 19.1. The van der Waals surface area contributed by atoms with Crippen molar-refractivity contribution < 1.29 is 8.78 Å². The van der Waals surface area contributed by atoms with E-state index in [0.29, 0.717) is 0 Å². The second-order valence-corrected chi connectivity index (χ2v) is 7.02. The zero-order valence-electron chi connectivity index (χ0n) is 15.5. The smallest absolute Gasteiger partial charge is 0.217 e. The summed E-state index contributed by atoms with van der Waals surface area (Å²) in [7, 11) is 0. The quantitative estimate of drug-likeness (QED) is 0.474. The number of pyridine rings is 2. The van der Waals surface area contributed by atoms with Crippen LogP contribution in [0.25, 0.3) is 16.9 Å². The Hall–Kier alpha value is -3.41. The fourth-order valence-electron chi connectivity index (χ4n) is 3.07. The van der Waals surface area contributed by atoms with E-state index in [1.54, 1.807) is 6.20 Å². The minimum absolute atomic E-state index is 0.276. The molecule has 4 nitrogen and oxygen atoms in total. The van der Waals surface area contributed by atoms with Crippen molar-refractivity contribution in [2.45, 2.75) is 19.3 Å². The van der Waals surface area contributed by atoms with Crippen molar-refractivity contribution in [3.63, 3.8) is 0 Å². The van der Waals surface area contributed by atoms with Crippen LogP contribution in [-0.4, -0.2) is 19.7 Å². The van der Waals surface area contributed by atoms with Crippen LogP contribution in [0.4, 0.5) is 8.78 Å². The zero-order valence-corrected chi connectivity index (χ0v) is 15.5. The number of hydrogen-bond acceptors (Lipinski definition) is 3. The third-order valence-corrected chi connectivity index (χ3v) is 4.70. The molecule has 0 aliphatic heterocycles. The van der Waals surface area contributed by atoms with E-state index < -0.39 is 17.3 Å². The van der Waals surface area contributed by atoms with Crippen LogP contribution in [0.1, 0.15) is 25.2 Å². The molecule has 0 amide bonds. The van der Waals surface area contributed by atoms with E-state index in [1.807, 2.05) is 68.4 Å². The summed E-state index contributed by atoms with van der Waals surface area (Å²) in [5, 5.41) is 4.53. The van der Waals surface area contributed by atoms with Crippen molar-refractivity contribution in [1.82, 2.24) is 19.7 Å². The van der Waals surface area contributed by atoms with Gasteiger partial charge in [-0.05, 0) is 32.0 Å². The van der Waals surface area contributed by atoms with Gasteiger partial charge in [0.1, 0.15) is 0 Å². The molecule has 0 saturated carbocycles. The molecule has 0 saturated heterocycles. The standard InChI is InChI=1S/C22H18F2N4/c1-22(2,18-10-6-9-17(25-18)15-7-4-3-5-8-15)19-11-12-28(27-19)16-13-20(23)26-21(24)14-16/h3-14H,1-2H3. The normalized spacial score (nSPS) is 11.6. The Morgan fingerprint density at radius 1 is 0.786 bits per heavy atom. The van der Waals surface area contributed by atoms with Gasteiger partial charge in [-0.3, -0.25) is 4.98 Å². The summed E-state index contributed by atoms with van der Waals surface area (Å²) in [5.41, 5.74) is 3.28. The van der Waals surface area contributed by atoms with Crippen molar-refractivity contribution >= 4 is 0 Å². The van der Waals surface area contributed by atoms with Gasteiger partial charge >= 0.3 is 0 Å². The van der Waals surface area contributed by atoms with Crippen LogP contribution in [-0.2, 0) is 5.41 Å². The van der Waals surface area contributed by atoms with Crippen molar-refractivity contribution in [2.24, 2.45) is 0 Å². The van der Waals surface area contributed by atoms with Gasteiger partial charge in [-0.25, -0.2) is 4.68 Å². The van der Waals surface area contributed by atoms with E-state index in [0.717, 1.165) is 34.8 Å². The molecule has 0 bridgehead atoms. The van der Waals surface area contributed by atoms with Crippen LogP contribution in [0.3, 0.4) is 0 Å². The fourth-order valence-corrected chi connectivity index (χ4v) is 3.07. The summed E-state index contributed by atoms with van der Waals surface area (Å²) in [6.07, 6.45) is 1.67. The van der Waals surface area contributed by atoms with E-state index in [-0.39, 0.29) is 5.69 Å². The highest BCUT2D eigenvalue weighted by Gasteiger charge is 2.28. The average Bonchev–Trinajstić information content (AvgIpc) is 3.19. The molecule has 0 aliphatic rings. The molecule has 1 aromatic carbocycles. The van der Waals surface area contributed by atoms with Gasteiger partial charge in [0.2, 0.25) is 11.9 Å². The van der Waals surface area contributed by atoms with Crippen molar-refractivity contribution in [1.29, 1.82) is 0 Å². The number of hydrogen-bond donors (Lipinski definition) is 0. The molecule has 0 spiro atoms. The Morgan fingerprint density at radius 3 is 2.21 bits per heavy atom. The molecule has 3 heterocycles. The van der Waals surface area contributed by atoms with Gasteiger partial charge < -0.3 is 0 Å². The Kier molecular flexibility index (Phi) is 4.47. The predicted octanol–water partition coefficient (Wildman–Crippen LogP) is 4.93. The molecule has 4 aromatic rings. The molecule has 28 heavy (non-hydrogen) atoms. The summed E-state index contributed by atoms with van der Waals surface area (Å²) < 4.78 is 28.3. The third-order valence-electron chi connectivity index (χ3n) is 4.70. The van der Waals surface area contributed by atoms with Gasteiger partial charge in [0.25, 0.3) is 0 Å². The van der Waals surface area contributed by atoms with Crippen molar-refractivity contribution in [3.05, 3.63) is 96.2 Å². The highest BCUT2D eigenvalue weighted by Crippen LogP contribution is 2.31. The molecular weight excluding hydrogens is 358 g/mol. The monoisotopic (exact) mass is 376 g/mol. The summed E-state index contributed by atoms with van der Waals surface area (Å²) in [6, 6.07) is 19.9. The highest BCUT2D eigenvalue weighted by molar-refractivity contribution is 5.59. The van der Waals surface area contributed by atoms with E-state index in [9.17, 15) is 8.78 Å². The SMILES string of the molecule is CC(C)(c1cccc(-c2ccccc2)n1)c1ccn(-c2cc(F)nc(F)c2)n1. The first-order chi connectivity index (χ1) is 13.4. The Morgan fingerprint density at radius 2 is 1.50 bits per heavy atom. The van der Waals surface area contributed by atoms with E-state index >= 15 is 0 Å². The minimum atomic E-state index is -0.886. The van der Waals surface area contributed by atoms with Crippen molar-refractivity contribution in [3.8, 4) is 16.9 Å². The number of rotatable bonds is 4. The Balaban J connectivity index is 1.70. The first kappa shape index (κ1) is 18.0. The number of halogens is 2. The Labute approximate surface area is 161 Å². The molecular formula is C22H18F2N4. The van der Waals surface area contributed by atoms with Crippen LogP contribution < -0.4 is 0 Å². The molecule has 0 N–H and O–H groups in total. The van der Waals surface area contributed by atoms with Crippen LogP contribution in [0, 0.1) is 11.9 Å². The summed E-state index contributed by atoms with van der Waals surface area (Å²) in [6.45, 7) is 4.04. The molecule has 4 rings (SSSR count). The second-order valence-electron chi connectivity index (χ2n) is 7.02. The summed E-state index contributed by atoms with van der Waals surface area (Å²) in [4.78, 5) is 7.94. The Bertz CT molecular complexity index is 1100. The number of benzene rings is 1. The lowest BCUT2D eigenvalue weighted by Gasteiger charge is -2.22. The molecule has 3 aromatic heterocycles. The first-order valence-corrected chi connectivity index (χ1v) is 8.86. The first-order valence-electron chi connectivity index (χ1n) is 8.86. The van der Waals surface area contributed by atoms with Gasteiger partial charge in [-0.15, -0.1) is 0 Å². The molecule has 140 valence electrons. The lowest BCUT2D eigenvalue weighted by Crippen LogP contribution is -2.22.